The van der Waals surface area contributed by atoms with Crippen LogP contribution < -0.4 is 16.9 Å². The molecule has 7 N–H and O–H groups in total. The fourth-order valence-corrected chi connectivity index (χ4v) is 4.61. The quantitative estimate of drug-likeness (QED) is 0.0530. The fraction of sp³-hybridized carbons (Fsp3) is 0.704. The summed E-state index contributed by atoms with van der Waals surface area (Å²) in [6.07, 6.45) is 18.2. The zero-order valence-electron chi connectivity index (χ0n) is 21.9. The maximum atomic E-state index is 11.7. The number of aliphatic carboxylic acids is 1. The molecule has 8 nitrogen and oxygen atoms in total. The Bertz CT molecular complexity index is 727. The highest BCUT2D eigenvalue weighted by atomic mass is 16.6. The Balaban J connectivity index is 2.67. The number of unbranched alkanes of at least 4 members (excludes halogenated alkanes) is 2. The van der Waals surface area contributed by atoms with E-state index in [2.05, 4.69) is 24.2 Å². The Labute approximate surface area is 211 Å². The lowest BCUT2D eigenvalue weighted by atomic mass is 9.79. The molecule has 1 aliphatic carbocycles. The van der Waals surface area contributed by atoms with Gasteiger partial charge in [0, 0.05) is 0 Å². The summed E-state index contributed by atoms with van der Waals surface area (Å²) in [6, 6.07) is -0.993. The van der Waals surface area contributed by atoms with Crippen molar-refractivity contribution in [3.63, 3.8) is 0 Å². The molecular formula is C27H48N4O4. The average Bonchev–Trinajstić information content (AvgIpc) is 2.85. The van der Waals surface area contributed by atoms with Crippen molar-refractivity contribution in [1.29, 1.82) is 0 Å². The van der Waals surface area contributed by atoms with E-state index >= 15 is 0 Å². The van der Waals surface area contributed by atoms with Gasteiger partial charge in [0.25, 0.3) is 0 Å². The monoisotopic (exact) mass is 492 g/mol. The van der Waals surface area contributed by atoms with Gasteiger partial charge >= 0.3 is 5.97 Å². The number of rotatable bonds is 16. The third kappa shape index (κ3) is 12.8. The Hall–Kier alpha value is -2.32. The van der Waals surface area contributed by atoms with E-state index < -0.39 is 18.1 Å². The van der Waals surface area contributed by atoms with Crippen LogP contribution in [-0.4, -0.2) is 40.8 Å². The van der Waals surface area contributed by atoms with E-state index in [9.17, 15) is 15.0 Å². The van der Waals surface area contributed by atoms with Gasteiger partial charge in [0.05, 0.1) is 6.54 Å². The predicted molar refractivity (Wildman–Crippen MR) is 142 cm³/mol. The van der Waals surface area contributed by atoms with Gasteiger partial charge in [0.15, 0.2) is 5.96 Å². The number of carboxylic acids is 1. The van der Waals surface area contributed by atoms with Crippen molar-refractivity contribution in [3.05, 3.63) is 35.6 Å². The molecule has 0 heterocycles. The van der Waals surface area contributed by atoms with Gasteiger partial charge in [-0.1, -0.05) is 70.9 Å². The van der Waals surface area contributed by atoms with Crippen LogP contribution >= 0.6 is 0 Å². The van der Waals surface area contributed by atoms with E-state index in [0.717, 1.165) is 43.6 Å². The molecule has 200 valence electrons. The number of aliphatic hydroxyl groups excluding tert-OH is 1. The molecule has 0 saturated heterocycles. The number of guanidine groups is 1. The number of aliphatic imine (C=N–C) groups is 1. The lowest BCUT2D eigenvalue weighted by Crippen LogP contribution is -2.43. The van der Waals surface area contributed by atoms with Crippen LogP contribution in [0.2, 0.25) is 0 Å². The predicted octanol–water partition coefficient (Wildman–Crippen LogP) is 4.56. The van der Waals surface area contributed by atoms with Crippen LogP contribution in [0, 0.1) is 11.8 Å². The van der Waals surface area contributed by atoms with Gasteiger partial charge in [-0.15, -0.1) is 0 Å². The first-order valence-electron chi connectivity index (χ1n) is 13.2. The first kappa shape index (κ1) is 30.7. The van der Waals surface area contributed by atoms with Crippen LogP contribution in [-0.2, 0) is 9.63 Å². The normalized spacial score (nSPS) is 18.9. The number of carbonyl (C=O) groups is 1. The van der Waals surface area contributed by atoms with Crippen LogP contribution in [0.5, 0.6) is 0 Å². The molecule has 0 aliphatic heterocycles. The molecule has 0 amide bonds. The van der Waals surface area contributed by atoms with Crippen LogP contribution in [0.1, 0.15) is 91.4 Å². The van der Waals surface area contributed by atoms with Crippen LogP contribution in [0.3, 0.4) is 0 Å². The molecule has 0 aromatic heterocycles. The maximum absolute atomic E-state index is 11.7. The van der Waals surface area contributed by atoms with Crippen molar-refractivity contribution in [2.24, 2.45) is 28.5 Å². The highest BCUT2D eigenvalue weighted by Crippen LogP contribution is 2.32. The largest absolute Gasteiger partial charge is 0.479 e. The molecule has 0 radical (unpaired) electrons. The highest BCUT2D eigenvalue weighted by Gasteiger charge is 2.22. The van der Waals surface area contributed by atoms with Crippen molar-refractivity contribution in [2.45, 2.75) is 104 Å². The molecule has 0 aromatic rings. The molecule has 1 fully saturated rings. The zero-order chi connectivity index (χ0) is 26.1. The molecule has 1 saturated carbocycles. The molecule has 3 unspecified atom stereocenters. The summed E-state index contributed by atoms with van der Waals surface area (Å²) in [5.74, 6) is 5.87. The molecule has 0 aromatic carbocycles. The molecule has 3 atom stereocenters. The van der Waals surface area contributed by atoms with Crippen molar-refractivity contribution < 1.29 is 19.8 Å². The second kappa shape index (κ2) is 18.0. The Morgan fingerprint density at radius 1 is 1.23 bits per heavy atom. The molecule has 35 heavy (non-hydrogen) atoms. The van der Waals surface area contributed by atoms with E-state index in [0.29, 0.717) is 12.3 Å². The number of hydrogen-bond donors (Lipinski definition) is 5. The number of nitrogens with zero attached hydrogens (tertiary/aromatic N) is 1. The summed E-state index contributed by atoms with van der Waals surface area (Å²) in [5, 5.41) is 22.9. The molecule has 8 heteroatoms. The summed E-state index contributed by atoms with van der Waals surface area (Å²) < 4.78 is 0. The standard InChI is InChI=1S/C27H48N4O4/c1-4-6-8-12-21(11-5-2)19-23(26(33)34)31-27(28)30-18-17-25(35-29)24(32)16-15-20(3)22-13-9-7-10-14-22/h5,11,17,19-20,22-24,32H,4,6-10,12-16,18,29H2,1-3H3,(H,33,34)(H3,28,30,31). The molecule has 0 spiro atoms. The van der Waals surface area contributed by atoms with Gasteiger partial charge in [-0.05, 0) is 62.2 Å². The molecular weight excluding hydrogens is 444 g/mol. The van der Waals surface area contributed by atoms with Crippen molar-refractivity contribution in [2.75, 3.05) is 6.54 Å². The lowest BCUT2D eigenvalue weighted by molar-refractivity contribution is -0.137. The Kier molecular flexibility index (Phi) is 15.8. The molecule has 1 aliphatic rings. The summed E-state index contributed by atoms with van der Waals surface area (Å²) >= 11 is 0. The van der Waals surface area contributed by atoms with Gasteiger partial charge in [0.2, 0.25) is 0 Å². The summed E-state index contributed by atoms with van der Waals surface area (Å²) in [7, 11) is 0. The number of aliphatic hydroxyl groups is 1. The number of hydrogen-bond acceptors (Lipinski definition) is 5. The number of allylic oxidation sites excluding steroid dienone is 3. The van der Waals surface area contributed by atoms with E-state index in [-0.39, 0.29) is 18.3 Å². The highest BCUT2D eigenvalue weighted by molar-refractivity contribution is 5.86. The Morgan fingerprint density at radius 2 is 1.94 bits per heavy atom. The third-order valence-electron chi connectivity index (χ3n) is 6.77. The maximum Gasteiger partial charge on any atom is 0.330 e. The van der Waals surface area contributed by atoms with E-state index in [1.165, 1.54) is 32.1 Å². The lowest BCUT2D eigenvalue weighted by Gasteiger charge is -2.28. The first-order valence-corrected chi connectivity index (χ1v) is 13.2. The van der Waals surface area contributed by atoms with Gasteiger partial charge in [-0.3, -0.25) is 0 Å². The van der Waals surface area contributed by atoms with Crippen molar-refractivity contribution in [1.82, 2.24) is 5.32 Å². The SMILES string of the molecule is CC=CC(=CC(NC(N)=NCC=C(ON)C(O)CCC(C)C1CCCCC1)C(=O)O)CCCCC. The van der Waals surface area contributed by atoms with Gasteiger partial charge in [-0.2, -0.15) is 5.90 Å². The minimum Gasteiger partial charge on any atom is -0.479 e. The smallest absolute Gasteiger partial charge is 0.330 e. The van der Waals surface area contributed by atoms with E-state index in [4.69, 9.17) is 16.5 Å². The summed E-state index contributed by atoms with van der Waals surface area (Å²) in [5.41, 5.74) is 6.88. The average molecular weight is 493 g/mol. The molecule has 0 bridgehead atoms. The van der Waals surface area contributed by atoms with E-state index in [1.807, 2.05) is 19.1 Å². The minimum absolute atomic E-state index is 0.00457. The van der Waals surface area contributed by atoms with E-state index in [1.54, 1.807) is 12.2 Å². The van der Waals surface area contributed by atoms with Crippen molar-refractivity contribution in [3.8, 4) is 0 Å². The number of nitrogens with two attached hydrogens (primary N) is 2. The fourth-order valence-electron chi connectivity index (χ4n) is 4.61. The number of nitrogens with one attached hydrogen (secondary N) is 1. The Morgan fingerprint density at radius 3 is 2.54 bits per heavy atom. The zero-order valence-corrected chi connectivity index (χ0v) is 21.9. The topological polar surface area (TPSA) is 143 Å². The number of carboxylic acid groups (broad SMARTS) is 1. The third-order valence-corrected chi connectivity index (χ3v) is 6.77. The van der Waals surface area contributed by atoms with Gasteiger partial charge < -0.3 is 26.1 Å². The van der Waals surface area contributed by atoms with Crippen LogP contribution in [0.4, 0.5) is 0 Å². The second-order valence-corrected chi connectivity index (χ2v) is 9.58. The minimum atomic E-state index is -1.04. The molecule has 1 rings (SSSR count). The van der Waals surface area contributed by atoms with Gasteiger partial charge in [-0.25, -0.2) is 9.79 Å². The van der Waals surface area contributed by atoms with Gasteiger partial charge in [0.1, 0.15) is 17.9 Å². The second-order valence-electron chi connectivity index (χ2n) is 9.58. The summed E-state index contributed by atoms with van der Waals surface area (Å²) in [6.45, 7) is 6.39. The van der Waals surface area contributed by atoms with Crippen LogP contribution in [0.25, 0.3) is 0 Å². The first-order chi connectivity index (χ1) is 16.8. The van der Waals surface area contributed by atoms with Crippen LogP contribution in [0.15, 0.2) is 40.6 Å². The summed E-state index contributed by atoms with van der Waals surface area (Å²) in [4.78, 5) is 20.8. The van der Waals surface area contributed by atoms with Crippen molar-refractivity contribution >= 4 is 11.9 Å².